The van der Waals surface area contributed by atoms with Crippen LogP contribution in [0.1, 0.15) is 27.2 Å². The molecule has 0 aromatic heterocycles. The second-order valence-electron chi connectivity index (χ2n) is 5.62. The van der Waals surface area contributed by atoms with E-state index >= 15 is 0 Å². The number of rotatable bonds is 4. The minimum absolute atomic E-state index is 0.341. The topological polar surface area (TPSA) is 67.6 Å². The van der Waals surface area contributed by atoms with Crippen LogP contribution in [0.5, 0.6) is 0 Å². The minimum Gasteiger partial charge on any atom is -0.444 e. The first-order valence-corrected chi connectivity index (χ1v) is 6.30. The van der Waals surface area contributed by atoms with Crippen LogP contribution in [0.25, 0.3) is 0 Å². The van der Waals surface area contributed by atoms with E-state index in [0.29, 0.717) is 12.5 Å². The van der Waals surface area contributed by atoms with E-state index < -0.39 is 5.60 Å². The van der Waals surface area contributed by atoms with Gasteiger partial charge in [0.15, 0.2) is 0 Å². The lowest BCUT2D eigenvalue weighted by Crippen LogP contribution is -2.37. The molecule has 5 heteroatoms. The number of nitrogens with one attached hydrogen (secondary N) is 1. The molecule has 1 unspecified atom stereocenters. The summed E-state index contributed by atoms with van der Waals surface area (Å²) in [7, 11) is 0. The zero-order valence-corrected chi connectivity index (χ0v) is 11.2. The van der Waals surface area contributed by atoms with Crippen LogP contribution in [0.3, 0.4) is 0 Å². The second kappa shape index (κ2) is 6.21. The van der Waals surface area contributed by atoms with Crippen molar-refractivity contribution in [3.05, 3.63) is 0 Å². The fraction of sp³-hybridized carbons (Fsp3) is 0.917. The Morgan fingerprint density at radius 1 is 1.53 bits per heavy atom. The van der Waals surface area contributed by atoms with Crippen molar-refractivity contribution in [1.29, 1.82) is 0 Å². The van der Waals surface area contributed by atoms with Gasteiger partial charge in [0, 0.05) is 19.6 Å². The van der Waals surface area contributed by atoms with Gasteiger partial charge in [-0.25, -0.2) is 4.79 Å². The largest absolute Gasteiger partial charge is 0.444 e. The van der Waals surface area contributed by atoms with Crippen molar-refractivity contribution in [1.82, 2.24) is 10.2 Å². The van der Waals surface area contributed by atoms with Crippen LogP contribution in [0, 0.1) is 5.92 Å². The highest BCUT2D eigenvalue weighted by molar-refractivity contribution is 5.67. The van der Waals surface area contributed by atoms with Crippen molar-refractivity contribution in [2.45, 2.75) is 32.8 Å². The maximum Gasteiger partial charge on any atom is 0.407 e. The molecule has 1 heterocycles. The van der Waals surface area contributed by atoms with Crippen molar-refractivity contribution >= 4 is 6.09 Å². The molecule has 0 bridgehead atoms. The SMILES string of the molecule is CC(C)(C)OC(=O)NCCN1CCC(CN)C1. The summed E-state index contributed by atoms with van der Waals surface area (Å²) in [6.07, 6.45) is 0.829. The summed E-state index contributed by atoms with van der Waals surface area (Å²) < 4.78 is 5.16. The monoisotopic (exact) mass is 243 g/mol. The van der Waals surface area contributed by atoms with Gasteiger partial charge in [-0.3, -0.25) is 0 Å². The summed E-state index contributed by atoms with van der Waals surface area (Å²) in [4.78, 5) is 13.7. The molecule has 1 aliphatic heterocycles. The Labute approximate surface area is 104 Å². The second-order valence-corrected chi connectivity index (χ2v) is 5.62. The lowest BCUT2D eigenvalue weighted by atomic mass is 10.1. The summed E-state index contributed by atoms with van der Waals surface area (Å²) in [5.74, 6) is 0.622. The molecule has 5 nitrogen and oxygen atoms in total. The highest BCUT2D eigenvalue weighted by atomic mass is 16.6. The standard InChI is InChI=1S/C12H25N3O2/c1-12(2,3)17-11(16)14-5-7-15-6-4-10(8-13)9-15/h10H,4-9,13H2,1-3H3,(H,14,16). The van der Waals surface area contributed by atoms with Gasteiger partial charge in [0.2, 0.25) is 0 Å². The van der Waals surface area contributed by atoms with Crippen LogP contribution in [-0.4, -0.2) is 49.3 Å². The normalized spacial score (nSPS) is 21.5. The Morgan fingerprint density at radius 2 is 2.24 bits per heavy atom. The van der Waals surface area contributed by atoms with Crippen LogP contribution in [0.2, 0.25) is 0 Å². The third kappa shape index (κ3) is 5.89. The van der Waals surface area contributed by atoms with Crippen molar-refractivity contribution in [3.8, 4) is 0 Å². The predicted molar refractivity (Wildman–Crippen MR) is 67.8 cm³/mol. The van der Waals surface area contributed by atoms with E-state index in [1.807, 2.05) is 20.8 Å². The first kappa shape index (κ1) is 14.3. The first-order valence-electron chi connectivity index (χ1n) is 6.30. The number of carbonyl (C=O) groups excluding carboxylic acids is 1. The Bertz CT molecular complexity index is 251. The van der Waals surface area contributed by atoms with Crippen LogP contribution < -0.4 is 11.1 Å². The molecule has 1 aliphatic rings. The van der Waals surface area contributed by atoms with Gasteiger partial charge in [0.1, 0.15) is 5.60 Å². The lowest BCUT2D eigenvalue weighted by Gasteiger charge is -2.21. The van der Waals surface area contributed by atoms with E-state index in [4.69, 9.17) is 10.5 Å². The average Bonchev–Trinajstić information content (AvgIpc) is 2.63. The van der Waals surface area contributed by atoms with Gasteiger partial charge in [-0.05, 0) is 46.2 Å². The van der Waals surface area contributed by atoms with Gasteiger partial charge in [-0.15, -0.1) is 0 Å². The molecular weight excluding hydrogens is 218 g/mol. The first-order chi connectivity index (χ1) is 7.90. The number of carbonyl (C=O) groups is 1. The molecule has 1 atom stereocenters. The van der Waals surface area contributed by atoms with Crippen LogP contribution in [0.15, 0.2) is 0 Å². The molecule has 0 aliphatic carbocycles. The third-order valence-electron chi connectivity index (χ3n) is 2.80. The zero-order chi connectivity index (χ0) is 12.9. The number of nitrogens with zero attached hydrogens (tertiary/aromatic N) is 1. The molecule has 0 aromatic carbocycles. The molecule has 0 aromatic rings. The molecule has 1 fully saturated rings. The molecule has 3 N–H and O–H groups in total. The van der Waals surface area contributed by atoms with Gasteiger partial charge >= 0.3 is 6.09 Å². The van der Waals surface area contributed by atoms with Gasteiger partial charge in [-0.1, -0.05) is 0 Å². The third-order valence-corrected chi connectivity index (χ3v) is 2.80. The van der Waals surface area contributed by atoms with Crippen LogP contribution in [-0.2, 0) is 4.74 Å². The highest BCUT2D eigenvalue weighted by Gasteiger charge is 2.21. The molecule has 1 rings (SSSR count). The quantitative estimate of drug-likeness (QED) is 0.766. The van der Waals surface area contributed by atoms with E-state index in [-0.39, 0.29) is 6.09 Å². The molecule has 1 amide bonds. The Hall–Kier alpha value is -0.810. The number of nitrogens with two attached hydrogens (primary N) is 1. The maximum atomic E-state index is 11.4. The van der Waals surface area contributed by atoms with Gasteiger partial charge in [0.25, 0.3) is 0 Å². The van der Waals surface area contributed by atoms with Gasteiger partial charge in [-0.2, -0.15) is 0 Å². The van der Waals surface area contributed by atoms with Crippen molar-refractivity contribution < 1.29 is 9.53 Å². The summed E-state index contributed by atoms with van der Waals surface area (Å²) in [5, 5.41) is 2.76. The van der Waals surface area contributed by atoms with Crippen molar-refractivity contribution in [3.63, 3.8) is 0 Å². The fourth-order valence-corrected chi connectivity index (χ4v) is 1.94. The lowest BCUT2D eigenvalue weighted by molar-refractivity contribution is 0.0523. The van der Waals surface area contributed by atoms with Crippen molar-refractivity contribution in [2.75, 3.05) is 32.7 Å². The van der Waals surface area contributed by atoms with Crippen LogP contribution in [0.4, 0.5) is 4.79 Å². The number of hydrogen-bond donors (Lipinski definition) is 2. The molecule has 17 heavy (non-hydrogen) atoms. The summed E-state index contributed by atoms with van der Waals surface area (Å²) in [6, 6.07) is 0. The number of alkyl carbamates (subject to hydrolysis) is 1. The summed E-state index contributed by atoms with van der Waals surface area (Å²) in [6.45, 7) is 9.97. The van der Waals surface area contributed by atoms with E-state index in [9.17, 15) is 4.79 Å². The van der Waals surface area contributed by atoms with E-state index in [0.717, 1.165) is 26.2 Å². The zero-order valence-electron chi connectivity index (χ0n) is 11.2. The highest BCUT2D eigenvalue weighted by Crippen LogP contribution is 2.13. The molecular formula is C12H25N3O2. The summed E-state index contributed by atoms with van der Waals surface area (Å²) in [5.41, 5.74) is 5.20. The van der Waals surface area contributed by atoms with E-state index in [2.05, 4.69) is 10.2 Å². The Balaban J connectivity index is 2.10. The van der Waals surface area contributed by atoms with Gasteiger partial charge in [0.05, 0.1) is 0 Å². The Kier molecular flexibility index (Phi) is 5.21. The maximum absolute atomic E-state index is 11.4. The minimum atomic E-state index is -0.428. The summed E-state index contributed by atoms with van der Waals surface area (Å²) >= 11 is 0. The Morgan fingerprint density at radius 3 is 2.76 bits per heavy atom. The molecule has 0 saturated carbocycles. The van der Waals surface area contributed by atoms with Crippen LogP contribution >= 0.6 is 0 Å². The smallest absolute Gasteiger partial charge is 0.407 e. The predicted octanol–water partition coefficient (Wildman–Crippen LogP) is 0.792. The number of likely N-dealkylation sites (tertiary alicyclic amines) is 1. The molecule has 0 spiro atoms. The van der Waals surface area contributed by atoms with Crippen molar-refractivity contribution in [2.24, 2.45) is 11.7 Å². The van der Waals surface area contributed by atoms with E-state index in [1.165, 1.54) is 6.42 Å². The number of amides is 1. The molecule has 1 saturated heterocycles. The molecule has 100 valence electrons. The number of ether oxygens (including phenoxy) is 1. The van der Waals surface area contributed by atoms with Gasteiger partial charge < -0.3 is 20.7 Å². The van der Waals surface area contributed by atoms with E-state index in [1.54, 1.807) is 0 Å². The fourth-order valence-electron chi connectivity index (χ4n) is 1.94. The average molecular weight is 243 g/mol. The number of hydrogen-bond acceptors (Lipinski definition) is 4. The molecule has 0 radical (unpaired) electrons.